The molecule has 6 heteroatoms. The lowest BCUT2D eigenvalue weighted by Crippen LogP contribution is -2.04. The first kappa shape index (κ1) is 11.1. The van der Waals surface area contributed by atoms with E-state index < -0.39 is 17.5 Å². The number of rotatable bonds is 4. The van der Waals surface area contributed by atoms with Gasteiger partial charge in [0.2, 0.25) is 0 Å². The standard InChI is InChI=1S/C8H11BO4S/c1-2-14(11,12)8-5-3-7(4-6-8)13-9-10/h3-6,9-10H,2H2,1H3. The van der Waals surface area contributed by atoms with Gasteiger partial charge in [0.25, 0.3) is 0 Å². The maximum Gasteiger partial charge on any atom is 0.504 e. The van der Waals surface area contributed by atoms with Gasteiger partial charge in [-0.1, -0.05) is 6.92 Å². The second-order valence-corrected chi connectivity index (χ2v) is 4.93. The van der Waals surface area contributed by atoms with Gasteiger partial charge >= 0.3 is 7.69 Å². The third-order valence-corrected chi connectivity index (χ3v) is 3.54. The quantitative estimate of drug-likeness (QED) is 0.723. The van der Waals surface area contributed by atoms with Gasteiger partial charge in [-0.25, -0.2) is 8.42 Å². The molecule has 0 bridgehead atoms. The Labute approximate surface area is 83.8 Å². The highest BCUT2D eigenvalue weighted by Crippen LogP contribution is 2.16. The number of sulfone groups is 1. The SMILES string of the molecule is CCS(=O)(=O)c1ccc(OBO)cc1. The molecule has 4 nitrogen and oxygen atoms in total. The van der Waals surface area contributed by atoms with Crippen molar-refractivity contribution >= 4 is 17.5 Å². The fourth-order valence-corrected chi connectivity index (χ4v) is 1.87. The molecular formula is C8H11BO4S. The Bertz CT molecular complexity index is 384. The van der Waals surface area contributed by atoms with Gasteiger partial charge in [0.1, 0.15) is 5.75 Å². The molecule has 76 valence electrons. The molecule has 0 amide bonds. The zero-order valence-corrected chi connectivity index (χ0v) is 8.62. The molecule has 0 spiro atoms. The van der Waals surface area contributed by atoms with Crippen LogP contribution in [0.3, 0.4) is 0 Å². The molecule has 0 aliphatic carbocycles. The summed E-state index contributed by atoms with van der Waals surface area (Å²) in [5.74, 6) is 0.523. The molecule has 0 atom stereocenters. The van der Waals surface area contributed by atoms with Gasteiger partial charge < -0.3 is 9.68 Å². The molecule has 0 unspecified atom stereocenters. The summed E-state index contributed by atoms with van der Waals surface area (Å²) in [5.41, 5.74) is 0. The minimum atomic E-state index is -3.15. The summed E-state index contributed by atoms with van der Waals surface area (Å²) >= 11 is 0. The monoisotopic (exact) mass is 214 g/mol. The van der Waals surface area contributed by atoms with Crippen molar-refractivity contribution in [2.24, 2.45) is 0 Å². The molecule has 14 heavy (non-hydrogen) atoms. The predicted molar refractivity (Wildman–Crippen MR) is 54.2 cm³/mol. The average molecular weight is 214 g/mol. The molecule has 1 aromatic rings. The molecule has 0 radical (unpaired) electrons. The van der Waals surface area contributed by atoms with Gasteiger partial charge in [0, 0.05) is 0 Å². The van der Waals surface area contributed by atoms with Crippen molar-refractivity contribution in [3.63, 3.8) is 0 Å². The Morgan fingerprint density at radius 1 is 1.36 bits per heavy atom. The Morgan fingerprint density at radius 2 is 1.93 bits per heavy atom. The molecule has 0 heterocycles. The van der Waals surface area contributed by atoms with E-state index in [0.717, 1.165) is 0 Å². The molecule has 1 N–H and O–H groups in total. The summed E-state index contributed by atoms with van der Waals surface area (Å²) in [6.07, 6.45) is 0. The van der Waals surface area contributed by atoms with Crippen molar-refractivity contribution in [1.82, 2.24) is 0 Å². The van der Waals surface area contributed by atoms with Gasteiger partial charge in [-0.3, -0.25) is 0 Å². The molecular weight excluding hydrogens is 203 g/mol. The van der Waals surface area contributed by atoms with E-state index in [9.17, 15) is 8.42 Å². The van der Waals surface area contributed by atoms with Crippen molar-refractivity contribution in [1.29, 1.82) is 0 Å². The van der Waals surface area contributed by atoms with E-state index in [1.807, 2.05) is 0 Å². The highest BCUT2D eigenvalue weighted by molar-refractivity contribution is 7.91. The van der Waals surface area contributed by atoms with Crippen LogP contribution in [-0.2, 0) is 9.84 Å². The van der Waals surface area contributed by atoms with Crippen LogP contribution in [0, 0.1) is 0 Å². The molecule has 1 aromatic carbocycles. The van der Waals surface area contributed by atoms with Crippen molar-refractivity contribution in [3.05, 3.63) is 24.3 Å². The van der Waals surface area contributed by atoms with Gasteiger partial charge in [-0.2, -0.15) is 0 Å². The summed E-state index contributed by atoms with van der Waals surface area (Å²) in [6.45, 7) is 1.59. The second kappa shape index (κ2) is 4.48. The van der Waals surface area contributed by atoms with E-state index in [1.54, 1.807) is 6.92 Å². The van der Waals surface area contributed by atoms with Crippen LogP contribution in [0.1, 0.15) is 6.92 Å². The van der Waals surface area contributed by atoms with Crippen LogP contribution in [0.25, 0.3) is 0 Å². The van der Waals surface area contributed by atoms with Crippen molar-refractivity contribution in [3.8, 4) is 5.75 Å². The summed E-state index contributed by atoms with van der Waals surface area (Å²) < 4.78 is 27.5. The topological polar surface area (TPSA) is 63.6 Å². The Hall–Kier alpha value is -1.01. The fourth-order valence-electron chi connectivity index (χ4n) is 0.984. The second-order valence-electron chi connectivity index (χ2n) is 2.65. The van der Waals surface area contributed by atoms with E-state index in [-0.39, 0.29) is 10.6 Å². The molecule has 0 aliphatic rings. The lowest BCUT2D eigenvalue weighted by molar-refractivity contribution is 0.453. The van der Waals surface area contributed by atoms with Gasteiger partial charge in [-0.15, -0.1) is 0 Å². The summed E-state index contributed by atoms with van der Waals surface area (Å²) in [7, 11) is -3.56. The number of benzene rings is 1. The Morgan fingerprint density at radius 3 is 2.36 bits per heavy atom. The van der Waals surface area contributed by atoms with Crippen LogP contribution in [0.4, 0.5) is 0 Å². The van der Waals surface area contributed by atoms with Crippen molar-refractivity contribution in [2.45, 2.75) is 11.8 Å². The van der Waals surface area contributed by atoms with Crippen LogP contribution in [0.5, 0.6) is 5.75 Å². The normalized spacial score (nSPS) is 11.0. The molecule has 0 saturated heterocycles. The molecule has 0 saturated carbocycles. The van der Waals surface area contributed by atoms with E-state index >= 15 is 0 Å². The van der Waals surface area contributed by atoms with E-state index in [0.29, 0.717) is 5.75 Å². The zero-order valence-electron chi connectivity index (χ0n) is 7.80. The van der Waals surface area contributed by atoms with Crippen LogP contribution < -0.4 is 4.65 Å². The molecule has 0 fully saturated rings. The maximum absolute atomic E-state index is 11.4. The lowest BCUT2D eigenvalue weighted by Gasteiger charge is -2.03. The fraction of sp³-hybridized carbons (Fsp3) is 0.250. The smallest absolute Gasteiger partial charge is 0.504 e. The van der Waals surface area contributed by atoms with Gasteiger partial charge in [0.05, 0.1) is 10.6 Å². The highest BCUT2D eigenvalue weighted by Gasteiger charge is 2.10. The van der Waals surface area contributed by atoms with Crippen LogP contribution in [0.2, 0.25) is 0 Å². The van der Waals surface area contributed by atoms with Crippen LogP contribution >= 0.6 is 0 Å². The van der Waals surface area contributed by atoms with Gasteiger partial charge in [-0.05, 0) is 24.3 Å². The Kier molecular flexibility index (Phi) is 3.54. The third kappa shape index (κ3) is 2.49. The average Bonchev–Trinajstić information content (AvgIpc) is 2.19. The summed E-state index contributed by atoms with van der Waals surface area (Å²) in [5, 5.41) is 8.45. The predicted octanol–water partition coefficient (Wildman–Crippen LogP) is 0.118. The summed E-state index contributed by atoms with van der Waals surface area (Å²) in [4.78, 5) is 0.269. The number of hydrogen-bond acceptors (Lipinski definition) is 4. The zero-order chi connectivity index (χ0) is 10.6. The first-order chi connectivity index (χ1) is 6.60. The van der Waals surface area contributed by atoms with Crippen LogP contribution in [-0.4, -0.2) is 26.9 Å². The van der Waals surface area contributed by atoms with E-state index in [4.69, 9.17) is 9.68 Å². The first-order valence-electron chi connectivity index (χ1n) is 4.16. The Balaban J connectivity index is 2.94. The first-order valence-corrected chi connectivity index (χ1v) is 5.82. The number of hydrogen-bond donors (Lipinski definition) is 1. The van der Waals surface area contributed by atoms with Crippen molar-refractivity contribution < 1.29 is 18.1 Å². The lowest BCUT2D eigenvalue weighted by atomic mass is 10.3. The van der Waals surface area contributed by atoms with Crippen LogP contribution in [0.15, 0.2) is 29.2 Å². The van der Waals surface area contributed by atoms with Gasteiger partial charge in [0.15, 0.2) is 9.84 Å². The largest absolute Gasteiger partial charge is 0.539 e. The van der Waals surface area contributed by atoms with E-state index in [1.165, 1.54) is 24.3 Å². The summed E-state index contributed by atoms with van der Waals surface area (Å²) in [6, 6.07) is 5.95. The molecule has 1 rings (SSSR count). The minimum Gasteiger partial charge on any atom is -0.539 e. The highest BCUT2D eigenvalue weighted by atomic mass is 32.2. The molecule has 0 aromatic heterocycles. The maximum atomic E-state index is 11.4. The third-order valence-electron chi connectivity index (χ3n) is 1.79. The molecule has 0 aliphatic heterocycles. The minimum absolute atomic E-state index is 0.0766. The van der Waals surface area contributed by atoms with Crippen molar-refractivity contribution in [2.75, 3.05) is 5.75 Å². The van der Waals surface area contributed by atoms with E-state index in [2.05, 4.69) is 0 Å².